The third-order valence-electron chi connectivity index (χ3n) is 4.73. The molecule has 0 saturated carbocycles. The van der Waals surface area contributed by atoms with Crippen LogP contribution in [0, 0.1) is 0 Å². The van der Waals surface area contributed by atoms with Crippen LogP contribution >= 0.6 is 23.6 Å². The summed E-state index contributed by atoms with van der Waals surface area (Å²) in [5.41, 5.74) is 5.79. The highest BCUT2D eigenvalue weighted by Gasteiger charge is 2.28. The lowest BCUT2D eigenvalue weighted by Crippen LogP contribution is -2.16. The van der Waals surface area contributed by atoms with Gasteiger partial charge in [0.1, 0.15) is 5.01 Å². The number of thiocarbonyl (C=S) groups is 1. The zero-order valence-electron chi connectivity index (χ0n) is 14.2. The van der Waals surface area contributed by atoms with Gasteiger partial charge in [-0.05, 0) is 48.1 Å². The number of thiazole rings is 1. The highest BCUT2D eigenvalue weighted by molar-refractivity contribution is 7.80. The van der Waals surface area contributed by atoms with Crippen molar-refractivity contribution >= 4 is 34.2 Å². The van der Waals surface area contributed by atoms with E-state index in [4.69, 9.17) is 17.2 Å². The predicted octanol–water partition coefficient (Wildman–Crippen LogP) is 5.68. The van der Waals surface area contributed by atoms with Gasteiger partial charge in [-0.25, -0.2) is 4.98 Å². The molecule has 0 unspecified atom stereocenters. The van der Waals surface area contributed by atoms with Crippen LogP contribution in [0.5, 0.6) is 0 Å². The van der Waals surface area contributed by atoms with Gasteiger partial charge in [0.15, 0.2) is 0 Å². The van der Waals surface area contributed by atoms with Crippen molar-refractivity contribution in [2.75, 3.05) is 5.32 Å². The number of nitrogens with zero attached hydrogens (tertiary/aromatic N) is 2. The molecule has 3 nitrogen and oxygen atoms in total. The fourth-order valence-corrected chi connectivity index (χ4v) is 4.23. The number of nitrogens with one attached hydrogen (secondary N) is 1. The number of rotatable bonds is 2. The first-order valence-electron chi connectivity index (χ1n) is 8.34. The minimum Gasteiger partial charge on any atom is -0.350 e. The van der Waals surface area contributed by atoms with E-state index in [-0.39, 0.29) is 5.41 Å². The van der Waals surface area contributed by atoms with Crippen LogP contribution < -0.4 is 5.32 Å². The van der Waals surface area contributed by atoms with Crippen molar-refractivity contribution in [1.82, 2.24) is 9.97 Å². The predicted molar refractivity (Wildman–Crippen MR) is 109 cm³/mol. The standard InChI is InChI=1S/C20H19N3S2/c1-20(2)8-5-18(24)22-16-4-3-14(11-15(16)20)17-12-25-19(23-17)13-6-9-21-10-7-13/h3-4,6-7,9-12H,5,8H2,1-2H3,(H,22,24). The lowest BCUT2D eigenvalue weighted by atomic mass is 9.80. The second kappa shape index (κ2) is 6.32. The molecule has 0 spiro atoms. The highest BCUT2D eigenvalue weighted by atomic mass is 32.1. The molecule has 0 bridgehead atoms. The van der Waals surface area contributed by atoms with Gasteiger partial charge in [0.2, 0.25) is 0 Å². The number of pyridine rings is 1. The first-order chi connectivity index (χ1) is 12.0. The van der Waals surface area contributed by atoms with Gasteiger partial charge >= 0.3 is 0 Å². The maximum absolute atomic E-state index is 5.43. The molecule has 3 aromatic rings. The van der Waals surface area contributed by atoms with E-state index < -0.39 is 0 Å². The Morgan fingerprint density at radius 2 is 1.92 bits per heavy atom. The highest BCUT2D eigenvalue weighted by Crippen LogP contribution is 2.39. The molecule has 25 heavy (non-hydrogen) atoms. The molecule has 2 aromatic heterocycles. The number of hydrogen-bond donors (Lipinski definition) is 1. The van der Waals surface area contributed by atoms with Crippen molar-refractivity contribution in [3.05, 3.63) is 53.7 Å². The topological polar surface area (TPSA) is 37.8 Å². The van der Waals surface area contributed by atoms with Gasteiger partial charge in [-0.1, -0.05) is 32.1 Å². The monoisotopic (exact) mass is 365 g/mol. The van der Waals surface area contributed by atoms with Crippen LogP contribution in [0.3, 0.4) is 0 Å². The molecular weight excluding hydrogens is 346 g/mol. The maximum atomic E-state index is 5.43. The van der Waals surface area contributed by atoms with Crippen molar-refractivity contribution < 1.29 is 0 Å². The molecule has 4 rings (SSSR count). The van der Waals surface area contributed by atoms with Gasteiger partial charge in [-0.2, -0.15) is 0 Å². The second-order valence-electron chi connectivity index (χ2n) is 6.97. The van der Waals surface area contributed by atoms with E-state index in [1.165, 1.54) is 5.56 Å². The minimum absolute atomic E-state index is 0.0862. The third kappa shape index (κ3) is 3.22. The average Bonchev–Trinajstić information content (AvgIpc) is 3.07. The number of aromatic nitrogens is 2. The molecule has 0 fully saturated rings. The Balaban J connectivity index is 1.74. The summed E-state index contributed by atoms with van der Waals surface area (Å²) < 4.78 is 0. The molecule has 1 aliphatic rings. The number of benzene rings is 1. The summed E-state index contributed by atoms with van der Waals surface area (Å²) in [5, 5.41) is 6.54. The van der Waals surface area contributed by atoms with E-state index in [1.807, 2.05) is 12.1 Å². The molecule has 0 amide bonds. The van der Waals surface area contributed by atoms with Crippen LogP contribution in [-0.4, -0.2) is 15.0 Å². The van der Waals surface area contributed by atoms with E-state index in [0.717, 1.165) is 45.3 Å². The summed E-state index contributed by atoms with van der Waals surface area (Å²) in [7, 11) is 0. The molecule has 1 aliphatic heterocycles. The Morgan fingerprint density at radius 3 is 2.72 bits per heavy atom. The van der Waals surface area contributed by atoms with Crippen LogP contribution in [-0.2, 0) is 5.41 Å². The minimum atomic E-state index is 0.0862. The van der Waals surface area contributed by atoms with Crippen molar-refractivity contribution in [2.24, 2.45) is 0 Å². The molecule has 0 aliphatic carbocycles. The zero-order valence-corrected chi connectivity index (χ0v) is 15.9. The Kier molecular flexibility index (Phi) is 4.13. The molecule has 1 aromatic carbocycles. The van der Waals surface area contributed by atoms with Crippen LogP contribution in [0.4, 0.5) is 5.69 Å². The largest absolute Gasteiger partial charge is 0.350 e. The Morgan fingerprint density at radius 1 is 1.12 bits per heavy atom. The van der Waals surface area contributed by atoms with E-state index in [9.17, 15) is 0 Å². The molecule has 0 radical (unpaired) electrons. The van der Waals surface area contributed by atoms with Crippen LogP contribution in [0.15, 0.2) is 48.1 Å². The van der Waals surface area contributed by atoms with Crippen LogP contribution in [0.1, 0.15) is 32.3 Å². The van der Waals surface area contributed by atoms with Gasteiger partial charge < -0.3 is 5.32 Å². The molecule has 0 atom stereocenters. The molecule has 126 valence electrons. The van der Waals surface area contributed by atoms with Gasteiger partial charge in [0.05, 0.1) is 10.7 Å². The summed E-state index contributed by atoms with van der Waals surface area (Å²) in [4.78, 5) is 9.83. The quantitative estimate of drug-likeness (QED) is 0.593. The Labute approximate surface area is 157 Å². The first-order valence-corrected chi connectivity index (χ1v) is 9.62. The summed E-state index contributed by atoms with van der Waals surface area (Å²) in [6, 6.07) is 10.5. The van der Waals surface area contributed by atoms with Crippen molar-refractivity contribution in [2.45, 2.75) is 32.1 Å². The van der Waals surface area contributed by atoms with Gasteiger partial charge in [0, 0.05) is 34.6 Å². The number of hydrogen-bond acceptors (Lipinski definition) is 4. The van der Waals surface area contributed by atoms with E-state index in [0.29, 0.717) is 0 Å². The maximum Gasteiger partial charge on any atom is 0.124 e. The zero-order chi connectivity index (χ0) is 17.4. The fraction of sp³-hybridized carbons (Fsp3) is 0.250. The normalized spacial score (nSPS) is 16.0. The second-order valence-corrected chi connectivity index (χ2v) is 8.32. The van der Waals surface area contributed by atoms with Crippen molar-refractivity contribution in [3.63, 3.8) is 0 Å². The van der Waals surface area contributed by atoms with Crippen LogP contribution in [0.25, 0.3) is 21.8 Å². The summed E-state index contributed by atoms with van der Waals surface area (Å²) >= 11 is 7.09. The molecule has 5 heteroatoms. The van der Waals surface area contributed by atoms with Crippen molar-refractivity contribution in [1.29, 1.82) is 0 Å². The molecule has 0 saturated heterocycles. The average molecular weight is 366 g/mol. The lowest BCUT2D eigenvalue weighted by Gasteiger charge is -2.25. The Bertz CT molecular complexity index is 929. The van der Waals surface area contributed by atoms with Gasteiger partial charge in [0.25, 0.3) is 0 Å². The van der Waals surface area contributed by atoms with Gasteiger partial charge in [-0.15, -0.1) is 11.3 Å². The molecular formula is C20H19N3S2. The SMILES string of the molecule is CC1(C)CCC(=S)Nc2ccc(-c3csc(-c4ccncc4)n3)cc21. The van der Waals surface area contributed by atoms with Crippen molar-refractivity contribution in [3.8, 4) is 21.8 Å². The Hall–Kier alpha value is -2.11. The van der Waals surface area contributed by atoms with Crippen LogP contribution in [0.2, 0.25) is 0 Å². The summed E-state index contributed by atoms with van der Waals surface area (Å²) in [5.74, 6) is 0. The smallest absolute Gasteiger partial charge is 0.124 e. The van der Waals surface area contributed by atoms with E-state index in [1.54, 1.807) is 23.7 Å². The number of fused-ring (bicyclic) bond motifs is 1. The van der Waals surface area contributed by atoms with Gasteiger partial charge in [-0.3, -0.25) is 4.98 Å². The third-order valence-corrected chi connectivity index (χ3v) is 5.92. The lowest BCUT2D eigenvalue weighted by molar-refractivity contribution is 0.497. The molecule has 1 N–H and O–H groups in total. The summed E-state index contributed by atoms with van der Waals surface area (Å²) in [6.07, 6.45) is 5.58. The fourth-order valence-electron chi connectivity index (χ4n) is 3.18. The number of anilines is 1. The van der Waals surface area contributed by atoms with E-state index in [2.05, 4.69) is 47.7 Å². The first kappa shape index (κ1) is 16.4. The molecule has 3 heterocycles. The van der Waals surface area contributed by atoms with E-state index >= 15 is 0 Å². The summed E-state index contributed by atoms with van der Waals surface area (Å²) in [6.45, 7) is 4.57.